The predicted octanol–water partition coefficient (Wildman–Crippen LogP) is 3.22. The molecule has 0 aliphatic carbocycles. The molecule has 0 aliphatic heterocycles. The van der Waals surface area contributed by atoms with Gasteiger partial charge in [0.2, 0.25) is 5.91 Å². The van der Waals surface area contributed by atoms with Crippen LogP contribution >= 0.6 is 11.3 Å². The van der Waals surface area contributed by atoms with Crippen molar-refractivity contribution in [1.29, 1.82) is 0 Å². The van der Waals surface area contributed by atoms with Crippen molar-refractivity contribution in [2.24, 2.45) is 4.99 Å². The molecule has 0 fully saturated rings. The summed E-state index contributed by atoms with van der Waals surface area (Å²) in [6.45, 7) is 5.30. The van der Waals surface area contributed by atoms with Crippen molar-refractivity contribution in [3.8, 4) is 5.75 Å². The van der Waals surface area contributed by atoms with Crippen LogP contribution in [0.2, 0.25) is 0 Å². The first kappa shape index (κ1) is 26.6. The third-order valence-corrected chi connectivity index (χ3v) is 7.85. The minimum Gasteiger partial charge on any atom is -0.497 e. The van der Waals surface area contributed by atoms with E-state index in [0.29, 0.717) is 35.9 Å². The van der Waals surface area contributed by atoms with Crippen LogP contribution in [-0.2, 0) is 30.7 Å². The molecule has 188 valence electrons. The van der Waals surface area contributed by atoms with Gasteiger partial charge < -0.3 is 18.8 Å². The standard InChI is InChI=1S/C24H28N2O7S2/c1-4-32-14-13-26-20-11-6-17(23(28)33-5-2)16-21(20)34-24(26)25-22(27)12-15-35(29,30)19-9-7-18(31-3)8-10-19/h6-11,16H,4-5,12-15H2,1-3H3. The number of hydrogen-bond acceptors (Lipinski definition) is 8. The molecule has 2 aromatic carbocycles. The molecule has 0 aliphatic rings. The molecule has 1 aromatic heterocycles. The van der Waals surface area contributed by atoms with Gasteiger partial charge in [0.1, 0.15) is 5.75 Å². The van der Waals surface area contributed by atoms with E-state index in [4.69, 9.17) is 14.2 Å². The van der Waals surface area contributed by atoms with Gasteiger partial charge in [-0.05, 0) is 56.3 Å². The molecule has 0 spiro atoms. The van der Waals surface area contributed by atoms with Crippen molar-refractivity contribution in [3.05, 3.63) is 52.8 Å². The van der Waals surface area contributed by atoms with Gasteiger partial charge in [-0.15, -0.1) is 0 Å². The van der Waals surface area contributed by atoms with Crippen molar-refractivity contribution in [2.75, 3.05) is 32.7 Å². The molecule has 0 saturated carbocycles. The molecular weight excluding hydrogens is 492 g/mol. The highest BCUT2D eigenvalue weighted by atomic mass is 32.2. The zero-order valence-electron chi connectivity index (χ0n) is 19.9. The van der Waals surface area contributed by atoms with E-state index in [9.17, 15) is 18.0 Å². The minimum atomic E-state index is -3.66. The van der Waals surface area contributed by atoms with Crippen LogP contribution in [0.25, 0.3) is 10.2 Å². The summed E-state index contributed by atoms with van der Waals surface area (Å²) >= 11 is 1.24. The van der Waals surface area contributed by atoms with Crippen molar-refractivity contribution in [2.45, 2.75) is 31.7 Å². The quantitative estimate of drug-likeness (QED) is 0.282. The average Bonchev–Trinajstić information content (AvgIpc) is 3.19. The second-order valence-electron chi connectivity index (χ2n) is 7.39. The molecule has 0 unspecified atom stereocenters. The number of methoxy groups -OCH3 is 1. The molecule has 0 saturated heterocycles. The van der Waals surface area contributed by atoms with Gasteiger partial charge >= 0.3 is 5.97 Å². The van der Waals surface area contributed by atoms with Gasteiger partial charge in [0.25, 0.3) is 0 Å². The number of esters is 1. The number of sulfone groups is 1. The van der Waals surface area contributed by atoms with Gasteiger partial charge in [-0.3, -0.25) is 4.79 Å². The van der Waals surface area contributed by atoms with Gasteiger partial charge in [-0.25, -0.2) is 13.2 Å². The topological polar surface area (TPSA) is 113 Å². The average molecular weight is 521 g/mol. The Hall–Kier alpha value is -3.02. The van der Waals surface area contributed by atoms with Crippen molar-refractivity contribution >= 4 is 43.3 Å². The lowest BCUT2D eigenvalue weighted by molar-refractivity contribution is -0.117. The summed E-state index contributed by atoms with van der Waals surface area (Å²) in [6, 6.07) is 11.2. The normalized spacial score (nSPS) is 12.1. The number of carbonyl (C=O) groups is 2. The molecule has 0 bridgehead atoms. The molecule has 9 nitrogen and oxygen atoms in total. The molecular formula is C24H28N2O7S2. The number of amides is 1. The first-order valence-corrected chi connectivity index (χ1v) is 13.6. The van der Waals surface area contributed by atoms with Crippen LogP contribution in [0.3, 0.4) is 0 Å². The second kappa shape index (κ2) is 12.1. The lowest BCUT2D eigenvalue weighted by Gasteiger charge is -2.06. The Bertz CT molecular complexity index is 1360. The number of nitrogens with zero attached hydrogens (tertiary/aromatic N) is 2. The van der Waals surface area contributed by atoms with Crippen LogP contribution in [0.15, 0.2) is 52.4 Å². The first-order chi connectivity index (χ1) is 16.8. The molecule has 1 amide bonds. The van der Waals surface area contributed by atoms with Gasteiger partial charge in [-0.1, -0.05) is 11.3 Å². The van der Waals surface area contributed by atoms with Crippen molar-refractivity contribution in [3.63, 3.8) is 0 Å². The monoisotopic (exact) mass is 520 g/mol. The Balaban J connectivity index is 1.86. The first-order valence-electron chi connectivity index (χ1n) is 11.1. The zero-order valence-corrected chi connectivity index (χ0v) is 21.5. The molecule has 0 N–H and O–H groups in total. The number of carbonyl (C=O) groups excluding carboxylic acids is 2. The summed E-state index contributed by atoms with van der Waals surface area (Å²) < 4.78 is 43.4. The van der Waals surface area contributed by atoms with E-state index in [1.807, 2.05) is 11.5 Å². The molecule has 3 rings (SSSR count). The van der Waals surface area contributed by atoms with Crippen LogP contribution in [0.1, 0.15) is 30.6 Å². The van der Waals surface area contributed by atoms with Gasteiger partial charge in [0, 0.05) is 19.6 Å². The fourth-order valence-corrected chi connectivity index (χ4v) is 5.64. The maximum absolute atomic E-state index is 12.6. The second-order valence-corrected chi connectivity index (χ2v) is 10.5. The number of ether oxygens (including phenoxy) is 3. The van der Waals surface area contributed by atoms with E-state index in [1.54, 1.807) is 37.3 Å². The highest BCUT2D eigenvalue weighted by Gasteiger charge is 2.17. The van der Waals surface area contributed by atoms with Gasteiger partial charge in [0.15, 0.2) is 14.6 Å². The van der Waals surface area contributed by atoms with Crippen LogP contribution in [0.5, 0.6) is 5.75 Å². The summed E-state index contributed by atoms with van der Waals surface area (Å²) in [6.07, 6.45) is -0.262. The molecule has 35 heavy (non-hydrogen) atoms. The van der Waals surface area contributed by atoms with Crippen LogP contribution in [0, 0.1) is 0 Å². The molecule has 1 heterocycles. The summed E-state index contributed by atoms with van der Waals surface area (Å²) in [5, 5.41) is 0. The fourth-order valence-electron chi connectivity index (χ4n) is 3.30. The van der Waals surface area contributed by atoms with Crippen LogP contribution in [-0.4, -0.2) is 57.5 Å². The van der Waals surface area contributed by atoms with E-state index in [2.05, 4.69) is 4.99 Å². The third-order valence-electron chi connectivity index (χ3n) is 5.08. The Morgan fingerprint density at radius 1 is 1.06 bits per heavy atom. The molecule has 3 aromatic rings. The van der Waals surface area contributed by atoms with Crippen LogP contribution in [0.4, 0.5) is 0 Å². The Morgan fingerprint density at radius 3 is 2.46 bits per heavy atom. The lowest BCUT2D eigenvalue weighted by atomic mass is 10.2. The Morgan fingerprint density at radius 2 is 1.80 bits per heavy atom. The number of hydrogen-bond donors (Lipinski definition) is 0. The maximum Gasteiger partial charge on any atom is 0.338 e. The SMILES string of the molecule is CCOCCn1c(=NC(=O)CCS(=O)(=O)c2ccc(OC)cc2)sc2cc(C(=O)OCC)ccc21. The molecule has 0 atom stereocenters. The largest absolute Gasteiger partial charge is 0.497 e. The lowest BCUT2D eigenvalue weighted by Crippen LogP contribution is -2.20. The molecule has 0 radical (unpaired) electrons. The highest BCUT2D eigenvalue weighted by Crippen LogP contribution is 2.21. The third kappa shape index (κ3) is 6.77. The fraction of sp³-hybridized carbons (Fsp3) is 0.375. The van der Waals surface area contributed by atoms with Crippen LogP contribution < -0.4 is 9.54 Å². The highest BCUT2D eigenvalue weighted by molar-refractivity contribution is 7.91. The number of fused-ring (bicyclic) bond motifs is 1. The summed E-state index contributed by atoms with van der Waals surface area (Å²) in [5.74, 6) is -0.799. The van der Waals surface area contributed by atoms with Gasteiger partial charge in [-0.2, -0.15) is 4.99 Å². The maximum atomic E-state index is 12.6. The summed E-state index contributed by atoms with van der Waals surface area (Å²) in [7, 11) is -2.16. The van der Waals surface area contributed by atoms with E-state index < -0.39 is 21.7 Å². The Labute approximate surface area is 207 Å². The van der Waals surface area contributed by atoms with E-state index in [1.165, 1.54) is 30.6 Å². The zero-order chi connectivity index (χ0) is 25.4. The van der Waals surface area contributed by atoms with E-state index >= 15 is 0 Å². The summed E-state index contributed by atoms with van der Waals surface area (Å²) in [5.41, 5.74) is 1.20. The van der Waals surface area contributed by atoms with E-state index in [-0.39, 0.29) is 23.7 Å². The minimum absolute atomic E-state index is 0.117. The Kier molecular flexibility index (Phi) is 9.19. The van der Waals surface area contributed by atoms with Crippen molar-refractivity contribution in [1.82, 2.24) is 4.57 Å². The van der Waals surface area contributed by atoms with E-state index in [0.717, 1.165) is 10.2 Å². The smallest absolute Gasteiger partial charge is 0.338 e. The van der Waals surface area contributed by atoms with Crippen molar-refractivity contribution < 1.29 is 32.2 Å². The predicted molar refractivity (Wildman–Crippen MR) is 132 cm³/mol. The number of aromatic nitrogens is 1. The number of thiazole rings is 1. The number of benzene rings is 2. The van der Waals surface area contributed by atoms with Gasteiger partial charge in [0.05, 0.1) is 46.8 Å². The molecule has 11 heteroatoms. The number of rotatable bonds is 11. The summed E-state index contributed by atoms with van der Waals surface area (Å²) in [4.78, 5) is 29.5.